The van der Waals surface area contributed by atoms with Crippen LogP contribution in [0.25, 0.3) is 12.2 Å². The second-order valence-electron chi connectivity index (χ2n) is 4.87. The van der Waals surface area contributed by atoms with Crippen LogP contribution >= 0.6 is 0 Å². The second kappa shape index (κ2) is 6.33. The smallest absolute Gasteiger partial charge is 0.141 e. The van der Waals surface area contributed by atoms with Crippen molar-refractivity contribution in [3.63, 3.8) is 0 Å². The van der Waals surface area contributed by atoms with Gasteiger partial charge in [-0.15, -0.1) is 0 Å². The van der Waals surface area contributed by atoms with Gasteiger partial charge < -0.3 is 4.74 Å². The molecule has 1 heterocycles. The molecule has 2 rings (SSSR count). The fourth-order valence-electron chi connectivity index (χ4n) is 1.95. The molecule has 1 aromatic heterocycles. The topological polar surface area (TPSA) is 22.1 Å². The lowest BCUT2D eigenvalue weighted by Crippen LogP contribution is -1.98. The maximum absolute atomic E-state index is 13.5. The zero-order valence-corrected chi connectivity index (χ0v) is 11.9. The molecule has 0 saturated heterocycles. The molecule has 0 aliphatic rings. The summed E-state index contributed by atoms with van der Waals surface area (Å²) >= 11 is 0. The standard InChI is InChI=1S/C17H18FNO/c1-12(2)17-16(20-3)10-13(11-19-17)8-9-14-6-4-5-7-15(14)18/h4-12H,1-3H3/b9-8+. The van der Waals surface area contributed by atoms with Crippen LogP contribution in [0, 0.1) is 5.82 Å². The van der Waals surface area contributed by atoms with E-state index in [-0.39, 0.29) is 5.82 Å². The molecule has 0 spiro atoms. The van der Waals surface area contributed by atoms with Gasteiger partial charge in [0.25, 0.3) is 0 Å². The minimum atomic E-state index is -0.234. The van der Waals surface area contributed by atoms with E-state index in [1.807, 2.05) is 18.2 Å². The Balaban J connectivity index is 2.28. The molecular formula is C17H18FNO. The Morgan fingerprint density at radius 1 is 1.20 bits per heavy atom. The van der Waals surface area contributed by atoms with Gasteiger partial charge in [-0.05, 0) is 23.6 Å². The lowest BCUT2D eigenvalue weighted by Gasteiger charge is -2.10. The molecule has 0 amide bonds. The molecule has 0 N–H and O–H groups in total. The summed E-state index contributed by atoms with van der Waals surface area (Å²) in [4.78, 5) is 4.41. The Hall–Kier alpha value is -2.16. The Bertz CT molecular complexity index is 620. The summed E-state index contributed by atoms with van der Waals surface area (Å²) in [5, 5.41) is 0. The summed E-state index contributed by atoms with van der Waals surface area (Å²) in [6, 6.07) is 8.58. The molecule has 2 nitrogen and oxygen atoms in total. The molecule has 3 heteroatoms. The molecule has 0 fully saturated rings. The number of aromatic nitrogens is 1. The van der Waals surface area contributed by atoms with Crippen molar-refractivity contribution in [2.24, 2.45) is 0 Å². The van der Waals surface area contributed by atoms with E-state index in [4.69, 9.17) is 4.74 Å². The zero-order chi connectivity index (χ0) is 14.5. The number of hydrogen-bond acceptors (Lipinski definition) is 2. The normalized spacial score (nSPS) is 11.2. The van der Waals surface area contributed by atoms with Crippen molar-refractivity contribution in [2.75, 3.05) is 7.11 Å². The molecule has 0 unspecified atom stereocenters. The largest absolute Gasteiger partial charge is 0.495 e. The molecule has 0 saturated carbocycles. The van der Waals surface area contributed by atoms with Gasteiger partial charge in [-0.1, -0.05) is 44.2 Å². The highest BCUT2D eigenvalue weighted by atomic mass is 19.1. The Morgan fingerprint density at radius 3 is 2.60 bits per heavy atom. The van der Waals surface area contributed by atoms with Crippen LogP contribution in [-0.2, 0) is 0 Å². The summed E-state index contributed by atoms with van der Waals surface area (Å²) in [7, 11) is 1.63. The first-order valence-electron chi connectivity index (χ1n) is 6.58. The summed E-state index contributed by atoms with van der Waals surface area (Å²) in [5.74, 6) is 0.827. The summed E-state index contributed by atoms with van der Waals surface area (Å²) in [6.07, 6.45) is 5.34. The third kappa shape index (κ3) is 3.23. The first kappa shape index (κ1) is 14.3. The van der Waals surface area contributed by atoms with Crippen molar-refractivity contribution >= 4 is 12.2 Å². The molecule has 0 aliphatic heterocycles. The molecule has 2 aromatic rings. The maximum atomic E-state index is 13.5. The molecule has 0 radical (unpaired) electrons. The van der Waals surface area contributed by atoms with Crippen LogP contribution in [0.1, 0.15) is 36.6 Å². The Labute approximate surface area is 118 Å². The van der Waals surface area contributed by atoms with Gasteiger partial charge in [-0.2, -0.15) is 0 Å². The number of methoxy groups -OCH3 is 1. The highest BCUT2D eigenvalue weighted by Crippen LogP contribution is 2.25. The van der Waals surface area contributed by atoms with Crippen LogP contribution < -0.4 is 4.74 Å². The van der Waals surface area contributed by atoms with E-state index >= 15 is 0 Å². The molecule has 1 aromatic carbocycles. The maximum Gasteiger partial charge on any atom is 0.141 e. The molecule has 0 atom stereocenters. The fraction of sp³-hybridized carbons (Fsp3) is 0.235. The average molecular weight is 271 g/mol. The number of pyridine rings is 1. The van der Waals surface area contributed by atoms with E-state index in [9.17, 15) is 4.39 Å². The van der Waals surface area contributed by atoms with Crippen molar-refractivity contribution in [1.29, 1.82) is 0 Å². The van der Waals surface area contributed by atoms with Gasteiger partial charge in [-0.25, -0.2) is 4.39 Å². The van der Waals surface area contributed by atoms with Gasteiger partial charge in [-0.3, -0.25) is 4.98 Å². The number of halogens is 1. The summed E-state index contributed by atoms with van der Waals surface area (Å²) < 4.78 is 18.9. The van der Waals surface area contributed by atoms with Gasteiger partial charge in [0.05, 0.1) is 12.8 Å². The highest BCUT2D eigenvalue weighted by molar-refractivity contribution is 5.70. The first-order valence-corrected chi connectivity index (χ1v) is 6.58. The Morgan fingerprint density at radius 2 is 1.95 bits per heavy atom. The lowest BCUT2D eigenvalue weighted by atomic mass is 10.1. The van der Waals surface area contributed by atoms with Gasteiger partial charge >= 0.3 is 0 Å². The van der Waals surface area contributed by atoms with Crippen molar-refractivity contribution in [2.45, 2.75) is 19.8 Å². The molecular weight excluding hydrogens is 253 g/mol. The second-order valence-corrected chi connectivity index (χ2v) is 4.87. The van der Waals surface area contributed by atoms with Gasteiger partial charge in [0.1, 0.15) is 11.6 Å². The summed E-state index contributed by atoms with van der Waals surface area (Å²) in [6.45, 7) is 4.14. The SMILES string of the molecule is COc1cc(/C=C/c2ccccc2F)cnc1C(C)C. The van der Waals surface area contributed by atoms with Crippen molar-refractivity contribution in [3.8, 4) is 5.75 Å². The van der Waals surface area contributed by atoms with Crippen LogP contribution in [-0.4, -0.2) is 12.1 Å². The van der Waals surface area contributed by atoms with Gasteiger partial charge in [0, 0.05) is 11.8 Å². The molecule has 0 bridgehead atoms. The van der Waals surface area contributed by atoms with Crippen molar-refractivity contribution in [1.82, 2.24) is 4.98 Å². The minimum Gasteiger partial charge on any atom is -0.495 e. The first-order chi connectivity index (χ1) is 9.61. The van der Waals surface area contributed by atoms with E-state index in [1.54, 1.807) is 31.5 Å². The minimum absolute atomic E-state index is 0.234. The molecule has 0 aliphatic carbocycles. The number of nitrogens with zero attached hydrogens (tertiary/aromatic N) is 1. The van der Waals surface area contributed by atoms with E-state index in [2.05, 4.69) is 18.8 Å². The van der Waals surface area contributed by atoms with Crippen LogP contribution in [0.4, 0.5) is 4.39 Å². The van der Waals surface area contributed by atoms with Crippen LogP contribution in [0.15, 0.2) is 36.5 Å². The van der Waals surface area contributed by atoms with E-state index in [0.717, 1.165) is 17.0 Å². The number of ether oxygens (including phenoxy) is 1. The number of benzene rings is 1. The fourth-order valence-corrected chi connectivity index (χ4v) is 1.95. The average Bonchev–Trinajstić information content (AvgIpc) is 2.46. The predicted molar refractivity (Wildman–Crippen MR) is 80.2 cm³/mol. The summed E-state index contributed by atoms with van der Waals surface area (Å²) in [5.41, 5.74) is 2.37. The third-order valence-electron chi connectivity index (χ3n) is 3.03. The highest BCUT2D eigenvalue weighted by Gasteiger charge is 2.08. The third-order valence-corrected chi connectivity index (χ3v) is 3.03. The molecule has 104 valence electrons. The van der Waals surface area contributed by atoms with Crippen molar-refractivity contribution in [3.05, 3.63) is 59.2 Å². The van der Waals surface area contributed by atoms with Gasteiger partial charge in [0.15, 0.2) is 0 Å². The quantitative estimate of drug-likeness (QED) is 0.815. The van der Waals surface area contributed by atoms with Gasteiger partial charge in [0.2, 0.25) is 0 Å². The Kier molecular flexibility index (Phi) is 4.51. The number of rotatable bonds is 4. The van der Waals surface area contributed by atoms with Crippen molar-refractivity contribution < 1.29 is 9.13 Å². The monoisotopic (exact) mass is 271 g/mol. The molecule has 20 heavy (non-hydrogen) atoms. The lowest BCUT2D eigenvalue weighted by molar-refractivity contribution is 0.404. The van der Waals surface area contributed by atoms with E-state index < -0.39 is 0 Å². The van der Waals surface area contributed by atoms with Crippen LogP contribution in [0.2, 0.25) is 0 Å². The number of hydrogen-bond donors (Lipinski definition) is 0. The zero-order valence-electron chi connectivity index (χ0n) is 11.9. The van der Waals surface area contributed by atoms with Crippen LogP contribution in [0.3, 0.4) is 0 Å². The predicted octanol–water partition coefficient (Wildman–Crippen LogP) is 4.52. The van der Waals surface area contributed by atoms with E-state index in [0.29, 0.717) is 11.5 Å². The van der Waals surface area contributed by atoms with E-state index in [1.165, 1.54) is 6.07 Å². The van der Waals surface area contributed by atoms with Crippen LogP contribution in [0.5, 0.6) is 5.75 Å².